The van der Waals surface area contributed by atoms with Gasteiger partial charge in [-0.3, -0.25) is 0 Å². The molecule has 2 aromatic rings. The number of nitrogens with zero attached hydrogens (tertiary/aromatic N) is 1. The van der Waals surface area contributed by atoms with Crippen LogP contribution in [0.5, 0.6) is 0 Å². The number of oxazole rings is 1. The fourth-order valence-corrected chi connectivity index (χ4v) is 1.88. The van der Waals surface area contributed by atoms with E-state index in [1.54, 1.807) is 0 Å². The van der Waals surface area contributed by atoms with Gasteiger partial charge in [0.15, 0.2) is 0 Å². The molecule has 1 aromatic heterocycles. The normalized spacial score (nSPS) is 11.8. The van der Waals surface area contributed by atoms with Crippen LogP contribution in [0.2, 0.25) is 0 Å². The van der Waals surface area contributed by atoms with Crippen LogP contribution in [0.25, 0.3) is 11.5 Å². The van der Waals surface area contributed by atoms with E-state index in [9.17, 15) is 13.2 Å². The van der Waals surface area contributed by atoms with Gasteiger partial charge < -0.3 is 10.2 Å². The molecule has 0 unspecified atom stereocenters. The number of nitrogens with two attached hydrogens (primary N) is 1. The number of rotatable bonds is 2. The van der Waals surface area contributed by atoms with Crippen LogP contribution in [0.1, 0.15) is 11.3 Å². The quantitative estimate of drug-likeness (QED) is 0.920. The average molecular weight is 321 g/mol. The minimum atomic E-state index is -4.43. The van der Waals surface area contributed by atoms with Crippen LogP contribution in [-0.2, 0) is 12.7 Å². The van der Waals surface area contributed by atoms with Crippen molar-refractivity contribution in [3.63, 3.8) is 0 Å². The lowest BCUT2D eigenvalue weighted by molar-refractivity contribution is -0.138. The van der Waals surface area contributed by atoms with E-state index >= 15 is 0 Å². The number of benzene rings is 1. The molecule has 3 nitrogen and oxygen atoms in total. The Morgan fingerprint density at radius 1 is 1.33 bits per heavy atom. The van der Waals surface area contributed by atoms with Crippen LogP contribution in [0.3, 0.4) is 0 Å². The molecule has 0 aliphatic rings. The largest absolute Gasteiger partial charge is 0.444 e. The Morgan fingerprint density at radius 3 is 2.61 bits per heavy atom. The molecule has 0 spiro atoms. The molecule has 0 saturated heterocycles. The van der Waals surface area contributed by atoms with E-state index in [-0.39, 0.29) is 22.5 Å². The van der Waals surface area contributed by atoms with Gasteiger partial charge in [-0.1, -0.05) is 15.9 Å². The third-order valence-corrected chi connectivity index (χ3v) is 2.97. The molecule has 0 saturated carbocycles. The van der Waals surface area contributed by atoms with Crippen molar-refractivity contribution >= 4 is 15.9 Å². The monoisotopic (exact) mass is 320 g/mol. The molecule has 7 heteroatoms. The lowest BCUT2D eigenvalue weighted by Crippen LogP contribution is -2.06. The molecule has 0 fully saturated rings. The van der Waals surface area contributed by atoms with E-state index in [4.69, 9.17) is 10.2 Å². The van der Waals surface area contributed by atoms with Gasteiger partial charge in [-0.2, -0.15) is 13.2 Å². The third kappa shape index (κ3) is 2.56. The average Bonchev–Trinajstić information content (AvgIpc) is 2.76. The van der Waals surface area contributed by atoms with Gasteiger partial charge >= 0.3 is 6.18 Å². The summed E-state index contributed by atoms with van der Waals surface area (Å²) in [4.78, 5) is 3.98. The highest BCUT2D eigenvalue weighted by molar-refractivity contribution is 9.10. The van der Waals surface area contributed by atoms with Gasteiger partial charge in [0.1, 0.15) is 6.26 Å². The molecule has 0 aliphatic carbocycles. The van der Waals surface area contributed by atoms with Crippen molar-refractivity contribution in [2.24, 2.45) is 5.73 Å². The van der Waals surface area contributed by atoms with E-state index in [0.717, 1.165) is 6.07 Å². The smallest absolute Gasteiger partial charge is 0.417 e. The summed E-state index contributed by atoms with van der Waals surface area (Å²) in [6, 6.07) is 3.78. The standard InChI is InChI=1S/C11H8BrF3N2O/c12-9-2-1-6(3-8(9)11(13,14)15)10-17-7(4-16)5-18-10/h1-3,5H,4,16H2. The number of hydrogen-bond acceptors (Lipinski definition) is 3. The Kier molecular flexibility index (Phi) is 3.45. The number of aromatic nitrogens is 1. The summed E-state index contributed by atoms with van der Waals surface area (Å²) in [6.45, 7) is 0.173. The van der Waals surface area contributed by atoms with Gasteiger partial charge in [0.05, 0.1) is 11.3 Å². The van der Waals surface area contributed by atoms with Crippen molar-refractivity contribution in [1.29, 1.82) is 0 Å². The number of alkyl halides is 3. The maximum Gasteiger partial charge on any atom is 0.417 e. The van der Waals surface area contributed by atoms with E-state index in [1.807, 2.05) is 0 Å². The van der Waals surface area contributed by atoms with Crippen LogP contribution >= 0.6 is 15.9 Å². The van der Waals surface area contributed by atoms with Gasteiger partial charge in [-0.15, -0.1) is 0 Å². The summed E-state index contributed by atoms with van der Waals surface area (Å²) in [6.07, 6.45) is -3.11. The van der Waals surface area contributed by atoms with Crippen LogP contribution in [0, 0.1) is 0 Å². The molecule has 18 heavy (non-hydrogen) atoms. The molecule has 0 bridgehead atoms. The molecular formula is C11H8BrF3N2O. The topological polar surface area (TPSA) is 52.0 Å². The van der Waals surface area contributed by atoms with Crippen LogP contribution in [-0.4, -0.2) is 4.98 Å². The minimum absolute atomic E-state index is 0.0237. The van der Waals surface area contributed by atoms with Crippen molar-refractivity contribution in [3.8, 4) is 11.5 Å². The fraction of sp³-hybridized carbons (Fsp3) is 0.182. The number of halogens is 4. The Morgan fingerprint density at radius 2 is 2.06 bits per heavy atom. The molecule has 2 N–H and O–H groups in total. The highest BCUT2D eigenvalue weighted by Crippen LogP contribution is 2.37. The van der Waals surface area contributed by atoms with Crippen molar-refractivity contribution in [2.75, 3.05) is 0 Å². The lowest BCUT2D eigenvalue weighted by atomic mass is 10.1. The molecule has 2 rings (SSSR count). The SMILES string of the molecule is NCc1coc(-c2ccc(Br)c(C(F)(F)F)c2)n1. The molecule has 96 valence electrons. The first-order valence-corrected chi connectivity index (χ1v) is 5.72. The predicted molar refractivity (Wildman–Crippen MR) is 62.5 cm³/mol. The molecule has 1 heterocycles. The fourth-order valence-electron chi connectivity index (χ4n) is 1.41. The summed E-state index contributed by atoms with van der Waals surface area (Å²) >= 11 is 2.87. The summed E-state index contributed by atoms with van der Waals surface area (Å²) in [5.74, 6) is 0.119. The zero-order valence-corrected chi connectivity index (χ0v) is 10.5. The zero-order valence-electron chi connectivity index (χ0n) is 8.96. The molecule has 0 amide bonds. The second-order valence-corrected chi connectivity index (χ2v) is 4.39. The first kappa shape index (κ1) is 13.1. The Labute approximate surface area is 109 Å². The first-order valence-electron chi connectivity index (χ1n) is 4.93. The summed E-state index contributed by atoms with van der Waals surface area (Å²) in [5.41, 5.74) is 5.33. The lowest BCUT2D eigenvalue weighted by Gasteiger charge is -2.09. The van der Waals surface area contributed by atoms with Crippen molar-refractivity contribution in [1.82, 2.24) is 4.98 Å². The molecule has 0 aliphatic heterocycles. The third-order valence-electron chi connectivity index (χ3n) is 2.28. The maximum atomic E-state index is 12.7. The van der Waals surface area contributed by atoms with Gasteiger partial charge in [-0.05, 0) is 18.2 Å². The van der Waals surface area contributed by atoms with Gasteiger partial charge in [0, 0.05) is 16.6 Å². The van der Waals surface area contributed by atoms with Crippen LogP contribution in [0.15, 0.2) is 33.4 Å². The van der Waals surface area contributed by atoms with Crippen molar-refractivity contribution in [2.45, 2.75) is 12.7 Å². The molecular weight excluding hydrogens is 313 g/mol. The molecule has 1 aromatic carbocycles. The first-order chi connectivity index (χ1) is 8.41. The van der Waals surface area contributed by atoms with Gasteiger partial charge in [0.2, 0.25) is 5.89 Å². The summed E-state index contributed by atoms with van der Waals surface area (Å²) in [5, 5.41) is 0. The Bertz CT molecular complexity index is 566. The van der Waals surface area contributed by atoms with Crippen molar-refractivity contribution < 1.29 is 17.6 Å². The zero-order chi connectivity index (χ0) is 13.3. The summed E-state index contributed by atoms with van der Waals surface area (Å²) < 4.78 is 43.2. The van der Waals surface area contributed by atoms with Crippen molar-refractivity contribution in [3.05, 3.63) is 40.2 Å². The van der Waals surface area contributed by atoms with Crippen LogP contribution in [0.4, 0.5) is 13.2 Å². The number of hydrogen-bond donors (Lipinski definition) is 1. The van der Waals surface area contributed by atoms with E-state index in [0.29, 0.717) is 5.69 Å². The molecule has 0 atom stereocenters. The van der Waals surface area contributed by atoms with Crippen LogP contribution < -0.4 is 5.73 Å². The van der Waals surface area contributed by atoms with E-state index in [1.165, 1.54) is 18.4 Å². The van der Waals surface area contributed by atoms with E-state index in [2.05, 4.69) is 20.9 Å². The minimum Gasteiger partial charge on any atom is -0.444 e. The second-order valence-electron chi connectivity index (χ2n) is 3.54. The Hall–Kier alpha value is -1.34. The van der Waals surface area contributed by atoms with Gasteiger partial charge in [0.25, 0.3) is 0 Å². The highest BCUT2D eigenvalue weighted by atomic mass is 79.9. The highest BCUT2D eigenvalue weighted by Gasteiger charge is 2.33. The molecule has 0 radical (unpaired) electrons. The maximum absolute atomic E-state index is 12.7. The predicted octanol–water partition coefficient (Wildman–Crippen LogP) is 3.58. The summed E-state index contributed by atoms with van der Waals surface area (Å²) in [7, 11) is 0. The second kappa shape index (κ2) is 4.74. The van der Waals surface area contributed by atoms with Gasteiger partial charge in [-0.25, -0.2) is 4.98 Å². The Balaban J connectivity index is 2.47. The van der Waals surface area contributed by atoms with E-state index < -0.39 is 11.7 Å².